The van der Waals surface area contributed by atoms with E-state index < -0.39 is 18.8 Å². The second kappa shape index (κ2) is 0.895. The normalized spacial score (nSPS) is 95.5. The number of carbonyl (C=O) groups is 2. The van der Waals surface area contributed by atoms with E-state index in [0.717, 1.165) is 43.3 Å². The van der Waals surface area contributed by atoms with Gasteiger partial charge in [0.15, 0.2) is 0 Å². The Labute approximate surface area is 117 Å². The topological polar surface area (TPSA) is 52.6 Å². The third-order valence-corrected chi connectivity index (χ3v) is 58.2. The van der Waals surface area contributed by atoms with Gasteiger partial charge in [-0.05, 0) is 0 Å². The molecule has 4 nitrogen and oxygen atoms in total. The average Bonchev–Trinajstić information content (AvgIpc) is 3.39. The second-order valence-electron chi connectivity index (χ2n) is 11.8. The van der Waals surface area contributed by atoms with Crippen molar-refractivity contribution in [1.29, 1.82) is 0 Å². The summed E-state index contributed by atoms with van der Waals surface area (Å²) in [7, 11) is 0. The number of esters is 2. The van der Waals surface area contributed by atoms with E-state index in [1.54, 1.807) is 13.8 Å². The number of ether oxygens (including phenoxy) is 2. The maximum absolute atomic E-state index is 13.2. The van der Waals surface area contributed by atoms with E-state index in [-0.39, 0.29) is 10.3 Å². The summed E-state index contributed by atoms with van der Waals surface area (Å²) in [5.41, 5.74) is 0.348. The van der Waals surface area contributed by atoms with Crippen molar-refractivity contribution in [1.82, 2.24) is 0 Å². The first kappa shape index (κ1) is 9.48. The van der Waals surface area contributed by atoms with Gasteiger partial charge in [-0.2, -0.15) is 0 Å². The van der Waals surface area contributed by atoms with Crippen molar-refractivity contribution in [3.63, 3.8) is 0 Å². The Morgan fingerprint density at radius 3 is 1.82 bits per heavy atom. The van der Waals surface area contributed by atoms with Crippen molar-refractivity contribution in [3.8, 4) is 0 Å². The van der Waals surface area contributed by atoms with Gasteiger partial charge in [0, 0.05) is 0 Å². The van der Waals surface area contributed by atoms with E-state index in [4.69, 9.17) is 9.47 Å². The molecule has 0 aromatic heterocycles. The van der Waals surface area contributed by atoms with Crippen LogP contribution >= 0.6 is 0 Å². The number of fused-ring (bicyclic) bond motifs is 10. The zero-order valence-corrected chi connectivity index (χ0v) is 13.6. The zero-order valence-electron chi connectivity index (χ0n) is 12.5. The molecule has 0 amide bonds. The first-order chi connectivity index (χ1) is 10.2. The summed E-state index contributed by atoms with van der Waals surface area (Å²) in [6.45, 7) is 3.44. The molecule has 0 radical (unpaired) electrons. The Bertz CT molecular complexity index is 1120. The van der Waals surface area contributed by atoms with Gasteiger partial charge in [0.25, 0.3) is 0 Å². The molecule has 1 spiro atoms. The predicted molar refractivity (Wildman–Crippen MR) is 72.9 cm³/mol. The Hall–Kier alpha value is -0.801. The molecule has 0 aliphatic carbocycles. The van der Waals surface area contributed by atoms with Gasteiger partial charge in [-0.1, -0.05) is 0 Å². The van der Waals surface area contributed by atoms with Crippen LogP contribution in [0, 0.1) is 0 Å². The number of rotatable bonds is 4. The summed E-state index contributed by atoms with van der Waals surface area (Å²) in [5, 5.41) is 0. The van der Waals surface area contributed by atoms with E-state index >= 15 is 0 Å². The minimum atomic E-state index is -3.42. The van der Waals surface area contributed by atoms with Crippen LogP contribution in [0.1, 0.15) is 13.8 Å². The van der Waals surface area contributed by atoms with Gasteiger partial charge in [-0.15, -0.1) is 0 Å². The molecular weight excluding hydrogens is 324 g/mol. The fourth-order valence-electron chi connectivity index (χ4n) is 17.3. The van der Waals surface area contributed by atoms with Crippen molar-refractivity contribution in [2.45, 2.75) is 67.8 Å². The third kappa shape index (κ3) is 0.120. The number of hydrogen-bond donors (Lipinski definition) is 0. The summed E-state index contributed by atoms with van der Waals surface area (Å²) < 4.78 is 11.0. The van der Waals surface area contributed by atoms with Crippen LogP contribution < -0.4 is 0 Å². The molecule has 0 N–H and O–H groups in total. The van der Waals surface area contributed by atoms with E-state index in [1.807, 2.05) is 0 Å². The summed E-state index contributed by atoms with van der Waals surface area (Å²) in [5.74, 6) is -0.397. The van der Waals surface area contributed by atoms with E-state index in [2.05, 4.69) is 6.58 Å². The van der Waals surface area contributed by atoms with Gasteiger partial charge in [-0.25, -0.2) is 0 Å². The molecule has 10 aliphatic rings. The zero-order chi connectivity index (χ0) is 14.7. The first-order valence-electron chi connectivity index (χ1n) is 8.48. The van der Waals surface area contributed by atoms with Gasteiger partial charge in [-0.3, -0.25) is 0 Å². The van der Waals surface area contributed by atoms with Crippen LogP contribution in [-0.2, 0) is 25.6 Å². The fourth-order valence-corrected chi connectivity index (χ4v) is 90.8. The molecule has 5 atom stereocenters. The van der Waals surface area contributed by atoms with Crippen LogP contribution in [0.3, 0.4) is 0 Å². The van der Waals surface area contributed by atoms with Crippen LogP contribution in [0.2, 0.25) is 47.7 Å². The molecule has 10 heterocycles. The minimum absolute atomic E-state index is 0.0704. The van der Waals surface area contributed by atoms with Gasteiger partial charge >= 0.3 is 117 Å². The SMILES string of the molecule is C=C(C)C(=O)OC(C)OC(=O)[C]12[CH]3[CH]4[CH]5[CH]1[Fe]45321678[CH]2[CH]1[CH]6[CH]7[CH]28. The molecule has 5 heteroatoms. The number of hydrogen-bond acceptors (Lipinski definition) is 4. The molecule has 5 unspecified atom stereocenters. The quantitative estimate of drug-likeness (QED) is 0.338. The first-order valence-corrected chi connectivity index (χ1v) is 14.8. The van der Waals surface area contributed by atoms with Gasteiger partial charge in [0.2, 0.25) is 0 Å². The Balaban J connectivity index is 1.12. The monoisotopic (exact) mass is 342 g/mol. The Kier molecular flexibility index (Phi) is 0.386. The van der Waals surface area contributed by atoms with Crippen molar-refractivity contribution in [2.75, 3.05) is 0 Å². The molecule has 118 valence electrons. The van der Waals surface area contributed by atoms with Crippen molar-refractivity contribution < 1.29 is 25.6 Å². The van der Waals surface area contributed by atoms with Crippen LogP contribution in [0.4, 0.5) is 0 Å². The molecule has 0 saturated carbocycles. The molecule has 0 bridgehead atoms. The van der Waals surface area contributed by atoms with E-state index in [9.17, 15) is 9.59 Å². The molecule has 10 fully saturated rings. The van der Waals surface area contributed by atoms with Crippen LogP contribution in [0.25, 0.3) is 0 Å². The van der Waals surface area contributed by atoms with Crippen LogP contribution in [-0.4, -0.2) is 18.2 Å². The molecular formula is C17H18FeO4. The van der Waals surface area contributed by atoms with E-state index in [1.165, 1.54) is 0 Å². The van der Waals surface area contributed by atoms with Gasteiger partial charge in [0.1, 0.15) is 0 Å². The molecule has 22 heavy (non-hydrogen) atoms. The van der Waals surface area contributed by atoms with Gasteiger partial charge in [0.05, 0.1) is 0 Å². The molecule has 10 rings (SSSR count). The third-order valence-electron chi connectivity index (χ3n) is 15.9. The van der Waals surface area contributed by atoms with E-state index in [0.29, 0.717) is 5.57 Å². The maximum atomic E-state index is 13.2. The molecule has 0 aromatic rings. The van der Waals surface area contributed by atoms with Crippen LogP contribution in [0.15, 0.2) is 12.2 Å². The molecule has 0 aromatic carbocycles. The van der Waals surface area contributed by atoms with Crippen molar-refractivity contribution >= 4 is 11.9 Å². The number of carbonyl (C=O) groups excluding carboxylic acids is 2. The predicted octanol–water partition coefficient (Wildman–Crippen LogP) is 3.75. The summed E-state index contributed by atoms with van der Waals surface area (Å²) in [6.07, 6.45) is -0.767. The Morgan fingerprint density at radius 2 is 1.50 bits per heavy atom. The van der Waals surface area contributed by atoms with Crippen molar-refractivity contribution in [3.05, 3.63) is 12.2 Å². The second-order valence-corrected chi connectivity index (χ2v) is 35.4. The Morgan fingerprint density at radius 1 is 1.00 bits per heavy atom. The summed E-state index contributed by atoms with van der Waals surface area (Å²) >= 11 is 0. The molecule has 10 saturated heterocycles. The molecule has 10 aliphatic heterocycles. The van der Waals surface area contributed by atoms with Gasteiger partial charge < -0.3 is 0 Å². The van der Waals surface area contributed by atoms with Crippen molar-refractivity contribution in [2.24, 2.45) is 0 Å². The standard InChI is InChI=1S/C12H13O4.C5H5.Fe/c1-8(2)11(13)15-9(3)16-12(14)10-6-4-5-7-10;1-2-4-5-3-1;/h4-7,9H,1H2,2-3H3;1-5H;. The average molecular weight is 342 g/mol. The summed E-state index contributed by atoms with van der Waals surface area (Å²) in [6, 6.07) is 0. The fraction of sp³-hybridized carbons (Fsp3) is 0.765. The van der Waals surface area contributed by atoms with Crippen LogP contribution in [0.5, 0.6) is 0 Å². The summed E-state index contributed by atoms with van der Waals surface area (Å²) in [4.78, 5) is 34.3.